The molecule has 6 nitrogen and oxygen atoms in total. The molecule has 1 aromatic heterocycles. The number of aromatic amines is 1. The Labute approximate surface area is 161 Å². The molecule has 1 atom stereocenters. The summed E-state index contributed by atoms with van der Waals surface area (Å²) < 4.78 is 0. The number of hydrogen-bond donors (Lipinski definition) is 2. The minimum absolute atomic E-state index is 0.0481. The van der Waals surface area contributed by atoms with Crippen LogP contribution in [0, 0.1) is 6.92 Å². The molecule has 4 rings (SSSR count). The van der Waals surface area contributed by atoms with Crippen molar-refractivity contribution in [2.24, 2.45) is 0 Å². The summed E-state index contributed by atoms with van der Waals surface area (Å²) >= 11 is 1.37. The van der Waals surface area contributed by atoms with Crippen LogP contribution in [-0.2, 0) is 9.59 Å². The number of nitrogens with one attached hydrogen (secondary N) is 2. The van der Waals surface area contributed by atoms with Crippen LogP contribution in [0.25, 0.3) is 11.0 Å². The molecule has 138 valence electrons. The minimum Gasteiger partial charge on any atom is -0.333 e. The molecule has 0 spiro atoms. The van der Waals surface area contributed by atoms with Crippen LogP contribution in [0.4, 0.5) is 11.4 Å². The summed E-state index contributed by atoms with van der Waals surface area (Å²) in [6.45, 7) is 3.93. The maximum Gasteiger partial charge on any atom is 0.237 e. The van der Waals surface area contributed by atoms with Gasteiger partial charge in [-0.2, -0.15) is 0 Å². The molecule has 3 aromatic rings. The third kappa shape index (κ3) is 3.55. The van der Waals surface area contributed by atoms with Gasteiger partial charge in [-0.3, -0.25) is 9.59 Å². The number of thioether (sulfide) groups is 1. The molecule has 1 unspecified atom stereocenters. The van der Waals surface area contributed by atoms with E-state index in [-0.39, 0.29) is 30.0 Å². The highest BCUT2D eigenvalue weighted by Crippen LogP contribution is 2.32. The van der Waals surface area contributed by atoms with Gasteiger partial charge in [-0.15, -0.1) is 0 Å². The average molecular weight is 380 g/mol. The highest BCUT2D eigenvalue weighted by atomic mass is 32.2. The van der Waals surface area contributed by atoms with Gasteiger partial charge in [0.2, 0.25) is 11.8 Å². The second-order valence-corrected chi connectivity index (χ2v) is 7.70. The normalized spacial score (nSPS) is 16.7. The van der Waals surface area contributed by atoms with Crippen molar-refractivity contribution in [1.29, 1.82) is 0 Å². The van der Waals surface area contributed by atoms with Crippen LogP contribution in [0.5, 0.6) is 0 Å². The van der Waals surface area contributed by atoms with Gasteiger partial charge in [0.05, 0.1) is 28.2 Å². The van der Waals surface area contributed by atoms with Crippen molar-refractivity contribution >= 4 is 46.0 Å². The predicted molar refractivity (Wildman–Crippen MR) is 108 cm³/mol. The number of hydrogen-bond acceptors (Lipinski definition) is 4. The number of carbonyl (C=O) groups is 2. The lowest BCUT2D eigenvalue weighted by Gasteiger charge is -2.27. The molecule has 2 aromatic carbocycles. The summed E-state index contributed by atoms with van der Waals surface area (Å²) in [6, 6.07) is 13.2. The third-order valence-corrected chi connectivity index (χ3v) is 5.43. The maximum absolute atomic E-state index is 13.0. The van der Waals surface area contributed by atoms with Gasteiger partial charge in [-0.25, -0.2) is 4.98 Å². The molecule has 2 N–H and O–H groups in total. The third-order valence-electron chi connectivity index (χ3n) is 4.58. The number of amides is 2. The van der Waals surface area contributed by atoms with E-state index < -0.39 is 0 Å². The second kappa shape index (κ2) is 7.08. The number of benzene rings is 2. The molecule has 2 heterocycles. The van der Waals surface area contributed by atoms with Gasteiger partial charge in [-0.1, -0.05) is 30.0 Å². The number of H-pyrrole nitrogens is 1. The molecule has 0 fully saturated rings. The fourth-order valence-corrected chi connectivity index (χ4v) is 4.08. The molecule has 1 aliphatic rings. The Kier molecular flexibility index (Phi) is 4.61. The number of nitrogens with zero attached hydrogens (tertiary/aromatic N) is 2. The van der Waals surface area contributed by atoms with Crippen LogP contribution < -0.4 is 10.2 Å². The van der Waals surface area contributed by atoms with Gasteiger partial charge in [0, 0.05) is 12.5 Å². The quantitative estimate of drug-likeness (QED) is 0.679. The standard InChI is InChI=1S/C20H20N4O2S/c1-12-7-8-14-16(9-12)23-20(22-14)27-11-19(26)24-13(2)10-18(25)21-15-5-3-4-6-17(15)24/h3-9,13H,10-11H2,1-2H3,(H,21,25)(H,22,23). The molecule has 0 aliphatic carbocycles. The van der Waals surface area contributed by atoms with Gasteiger partial charge in [-0.05, 0) is 43.7 Å². The summed E-state index contributed by atoms with van der Waals surface area (Å²) in [5.74, 6) is 0.115. The highest BCUT2D eigenvalue weighted by Gasteiger charge is 2.29. The number of rotatable bonds is 3. The first kappa shape index (κ1) is 17.6. The Morgan fingerprint density at radius 2 is 2.11 bits per heavy atom. The zero-order valence-electron chi connectivity index (χ0n) is 15.2. The number of fused-ring (bicyclic) bond motifs is 2. The number of anilines is 2. The maximum atomic E-state index is 13.0. The topological polar surface area (TPSA) is 78.1 Å². The van der Waals surface area contributed by atoms with Crippen LogP contribution in [0.1, 0.15) is 18.9 Å². The highest BCUT2D eigenvalue weighted by molar-refractivity contribution is 7.99. The first-order valence-corrected chi connectivity index (χ1v) is 9.80. The van der Waals surface area contributed by atoms with Crippen LogP contribution in [0.2, 0.25) is 0 Å². The zero-order chi connectivity index (χ0) is 19.0. The lowest BCUT2D eigenvalue weighted by Crippen LogP contribution is -2.40. The number of aryl methyl sites for hydroxylation is 1. The number of para-hydroxylation sites is 2. The van der Waals surface area contributed by atoms with E-state index in [0.29, 0.717) is 10.8 Å². The van der Waals surface area contributed by atoms with Crippen LogP contribution in [0.15, 0.2) is 47.6 Å². The molecule has 0 radical (unpaired) electrons. The van der Waals surface area contributed by atoms with E-state index >= 15 is 0 Å². The second-order valence-electron chi connectivity index (χ2n) is 6.73. The summed E-state index contributed by atoms with van der Waals surface area (Å²) in [5, 5.41) is 3.59. The molecular formula is C20H20N4O2S. The fourth-order valence-electron chi connectivity index (χ4n) is 3.34. The summed E-state index contributed by atoms with van der Waals surface area (Å²) in [4.78, 5) is 34.6. The van der Waals surface area contributed by atoms with Gasteiger partial charge >= 0.3 is 0 Å². The summed E-state index contributed by atoms with van der Waals surface area (Å²) in [5.41, 5.74) is 4.42. The number of imidazole rings is 1. The van der Waals surface area contributed by atoms with Crippen molar-refractivity contribution in [3.8, 4) is 0 Å². The SMILES string of the molecule is Cc1ccc2nc(SCC(=O)N3c4ccccc4NC(=O)CC3C)[nH]c2c1. The lowest BCUT2D eigenvalue weighted by atomic mass is 10.2. The smallest absolute Gasteiger partial charge is 0.237 e. The molecular weight excluding hydrogens is 360 g/mol. The lowest BCUT2D eigenvalue weighted by molar-refractivity contribution is -0.117. The van der Waals surface area contributed by atoms with E-state index in [2.05, 4.69) is 15.3 Å². The Bertz CT molecular complexity index is 1030. The van der Waals surface area contributed by atoms with E-state index in [1.54, 1.807) is 4.90 Å². The number of aromatic nitrogens is 2. The Hall–Kier alpha value is -2.80. The Morgan fingerprint density at radius 3 is 2.96 bits per heavy atom. The van der Waals surface area contributed by atoms with Crippen molar-refractivity contribution in [3.63, 3.8) is 0 Å². The minimum atomic E-state index is -0.208. The van der Waals surface area contributed by atoms with Crippen molar-refractivity contribution in [2.45, 2.75) is 31.5 Å². The van der Waals surface area contributed by atoms with Gasteiger partial charge < -0.3 is 15.2 Å². The predicted octanol–water partition coefficient (Wildman–Crippen LogP) is 3.73. The van der Waals surface area contributed by atoms with Crippen LogP contribution in [0.3, 0.4) is 0 Å². The van der Waals surface area contributed by atoms with E-state index in [9.17, 15) is 9.59 Å². The fraction of sp³-hybridized carbons (Fsp3) is 0.250. The van der Waals surface area contributed by atoms with E-state index in [1.165, 1.54) is 11.8 Å². The van der Waals surface area contributed by atoms with Crippen molar-refractivity contribution in [1.82, 2.24) is 9.97 Å². The van der Waals surface area contributed by atoms with Crippen molar-refractivity contribution < 1.29 is 9.59 Å². The van der Waals surface area contributed by atoms with Gasteiger partial charge in [0.1, 0.15) is 0 Å². The monoisotopic (exact) mass is 380 g/mol. The first-order valence-electron chi connectivity index (χ1n) is 8.81. The Balaban J connectivity index is 1.55. The molecule has 7 heteroatoms. The van der Waals surface area contributed by atoms with E-state index in [1.807, 2.05) is 56.3 Å². The van der Waals surface area contributed by atoms with Gasteiger partial charge in [0.15, 0.2) is 5.16 Å². The summed E-state index contributed by atoms with van der Waals surface area (Å²) in [6.07, 6.45) is 0.273. The van der Waals surface area contributed by atoms with E-state index in [4.69, 9.17) is 0 Å². The molecule has 27 heavy (non-hydrogen) atoms. The Morgan fingerprint density at radius 1 is 1.30 bits per heavy atom. The van der Waals surface area contributed by atoms with Gasteiger partial charge in [0.25, 0.3) is 0 Å². The zero-order valence-corrected chi connectivity index (χ0v) is 16.0. The van der Waals surface area contributed by atoms with Crippen molar-refractivity contribution in [2.75, 3.05) is 16.0 Å². The summed E-state index contributed by atoms with van der Waals surface area (Å²) in [7, 11) is 0. The average Bonchev–Trinajstić information content (AvgIpc) is 2.97. The molecule has 0 saturated carbocycles. The van der Waals surface area contributed by atoms with Crippen molar-refractivity contribution in [3.05, 3.63) is 48.0 Å². The first-order chi connectivity index (χ1) is 13.0. The van der Waals surface area contributed by atoms with Crippen LogP contribution in [-0.4, -0.2) is 33.6 Å². The largest absolute Gasteiger partial charge is 0.333 e. The van der Waals surface area contributed by atoms with Crippen LogP contribution >= 0.6 is 11.8 Å². The van der Waals surface area contributed by atoms with E-state index in [0.717, 1.165) is 22.3 Å². The number of carbonyl (C=O) groups excluding carboxylic acids is 2. The molecule has 2 amide bonds. The molecule has 0 bridgehead atoms. The molecule has 0 saturated heterocycles. The molecule has 1 aliphatic heterocycles.